The first-order chi connectivity index (χ1) is 11.9. The summed E-state index contributed by atoms with van der Waals surface area (Å²) in [5.74, 6) is 0.606. The van der Waals surface area contributed by atoms with Crippen LogP contribution in [-0.2, 0) is 19.3 Å². The zero-order chi connectivity index (χ0) is 18.0. The number of nitrogens with one attached hydrogen (secondary N) is 1. The van der Waals surface area contributed by atoms with Gasteiger partial charge < -0.3 is 0 Å². The van der Waals surface area contributed by atoms with Gasteiger partial charge in [0, 0.05) is 20.0 Å². The van der Waals surface area contributed by atoms with E-state index in [-0.39, 0.29) is 5.91 Å². The van der Waals surface area contributed by atoms with E-state index in [1.54, 1.807) is 28.9 Å². The maximum atomic E-state index is 12.5. The number of hydrogen-bond acceptors (Lipinski definition) is 4. The second-order valence-corrected chi connectivity index (χ2v) is 9.88. The van der Waals surface area contributed by atoms with Crippen LogP contribution >= 0.6 is 22.7 Å². The lowest BCUT2D eigenvalue weighted by molar-refractivity contribution is 0.0954. The van der Waals surface area contributed by atoms with Gasteiger partial charge in [-0.3, -0.25) is 4.79 Å². The molecule has 25 heavy (non-hydrogen) atoms. The smallest absolute Gasteiger partial charge is 0.267 e. The number of carbonyl (C=O) groups excluding carboxylic acids is 1. The molecule has 0 aliphatic heterocycles. The van der Waals surface area contributed by atoms with E-state index >= 15 is 0 Å². The molecule has 134 valence electrons. The van der Waals surface area contributed by atoms with Crippen LogP contribution in [0.3, 0.4) is 0 Å². The van der Waals surface area contributed by atoms with Gasteiger partial charge in [0.2, 0.25) is 0 Å². The van der Waals surface area contributed by atoms with Gasteiger partial charge in [-0.05, 0) is 54.7 Å². The lowest BCUT2D eigenvalue weighted by Gasteiger charge is -2.33. The molecule has 1 aliphatic rings. The van der Waals surface area contributed by atoms with E-state index in [4.69, 9.17) is 0 Å². The first-order valence-electron chi connectivity index (χ1n) is 8.89. The molecule has 0 fully saturated rings. The van der Waals surface area contributed by atoms with Crippen molar-refractivity contribution in [3.05, 3.63) is 43.3 Å². The van der Waals surface area contributed by atoms with E-state index in [0.29, 0.717) is 11.3 Å². The third-order valence-electron chi connectivity index (χ3n) is 5.01. The monoisotopic (exact) mass is 374 g/mol. The molecule has 0 saturated heterocycles. The highest BCUT2D eigenvalue weighted by Crippen LogP contribution is 2.40. The molecule has 1 atom stereocenters. The number of thiophene rings is 2. The summed E-state index contributed by atoms with van der Waals surface area (Å²) in [7, 11) is 0. The molecule has 3 nitrogen and oxygen atoms in total. The Morgan fingerprint density at radius 2 is 2.20 bits per heavy atom. The molecule has 0 aromatic carbocycles. The Hall–Kier alpha value is -1.46. The van der Waals surface area contributed by atoms with E-state index in [2.05, 4.69) is 44.3 Å². The maximum Gasteiger partial charge on any atom is 0.272 e. The van der Waals surface area contributed by atoms with Crippen LogP contribution in [0.4, 0.5) is 0 Å². The second-order valence-electron chi connectivity index (χ2n) is 7.71. The van der Waals surface area contributed by atoms with E-state index in [1.807, 2.05) is 11.4 Å². The third kappa shape index (κ3) is 4.21. The van der Waals surface area contributed by atoms with Gasteiger partial charge >= 0.3 is 0 Å². The Labute approximate surface area is 158 Å². The normalized spacial score (nSPS) is 17.7. The molecule has 1 N–H and O–H groups in total. The standard InChI is InChI=1S/C20H26N2OS2/c1-5-14-7-8-15(25-14)11-21-22-19(23)17-12-24-18-10-13(20(2,3)4)6-9-16(17)18/h7-8,11-13H,5-6,9-10H2,1-4H3,(H,22,23)/b21-11+/t13-/m0/s1. The van der Waals surface area contributed by atoms with Crippen molar-refractivity contribution in [3.63, 3.8) is 0 Å². The van der Waals surface area contributed by atoms with Crippen molar-refractivity contribution >= 4 is 34.8 Å². The molecule has 3 rings (SSSR count). The summed E-state index contributed by atoms with van der Waals surface area (Å²) in [5, 5.41) is 6.14. The molecule has 5 heteroatoms. The zero-order valence-electron chi connectivity index (χ0n) is 15.4. The fourth-order valence-electron chi connectivity index (χ4n) is 3.31. The summed E-state index contributed by atoms with van der Waals surface area (Å²) < 4.78 is 0. The Bertz CT molecular complexity index is 780. The van der Waals surface area contributed by atoms with Gasteiger partial charge in [0.05, 0.1) is 11.8 Å². The van der Waals surface area contributed by atoms with E-state index < -0.39 is 0 Å². The predicted molar refractivity (Wildman–Crippen MR) is 108 cm³/mol. The summed E-state index contributed by atoms with van der Waals surface area (Å²) in [6.07, 6.45) is 6.01. The molecule has 0 radical (unpaired) electrons. The Balaban J connectivity index is 1.65. The Kier molecular flexibility index (Phi) is 5.44. The first-order valence-corrected chi connectivity index (χ1v) is 10.6. The minimum atomic E-state index is -0.0878. The van der Waals surface area contributed by atoms with E-state index in [1.165, 1.54) is 15.3 Å². The van der Waals surface area contributed by atoms with Crippen LogP contribution < -0.4 is 5.43 Å². The number of fused-ring (bicyclic) bond motifs is 1. The van der Waals surface area contributed by atoms with Crippen LogP contribution in [0.15, 0.2) is 22.6 Å². The van der Waals surface area contributed by atoms with Crippen molar-refractivity contribution in [1.82, 2.24) is 5.43 Å². The highest BCUT2D eigenvalue weighted by Gasteiger charge is 2.31. The first kappa shape index (κ1) is 18.3. The van der Waals surface area contributed by atoms with Gasteiger partial charge in [-0.1, -0.05) is 27.7 Å². The van der Waals surface area contributed by atoms with Crippen LogP contribution in [-0.4, -0.2) is 12.1 Å². The van der Waals surface area contributed by atoms with Crippen molar-refractivity contribution in [2.75, 3.05) is 0 Å². The number of hydrogen-bond donors (Lipinski definition) is 1. The van der Waals surface area contributed by atoms with Gasteiger partial charge in [0.25, 0.3) is 5.91 Å². The SMILES string of the molecule is CCc1ccc(/C=N/NC(=O)c2csc3c2CC[C@H](C(C)(C)C)C3)s1. The molecule has 0 saturated carbocycles. The van der Waals surface area contributed by atoms with Crippen LogP contribution in [0.25, 0.3) is 0 Å². The third-order valence-corrected chi connectivity index (χ3v) is 7.23. The number of aryl methyl sites for hydroxylation is 1. The quantitative estimate of drug-likeness (QED) is 0.573. The Morgan fingerprint density at radius 3 is 2.88 bits per heavy atom. The number of nitrogens with zero attached hydrogens (tertiary/aromatic N) is 1. The summed E-state index contributed by atoms with van der Waals surface area (Å²) in [6.45, 7) is 9.08. The average Bonchev–Trinajstić information content (AvgIpc) is 3.19. The lowest BCUT2D eigenvalue weighted by atomic mass is 9.72. The van der Waals surface area contributed by atoms with E-state index in [9.17, 15) is 4.79 Å². The van der Waals surface area contributed by atoms with Crippen LogP contribution in [0.2, 0.25) is 0 Å². The number of carbonyl (C=O) groups is 1. The van der Waals surface area contributed by atoms with Crippen molar-refractivity contribution in [3.8, 4) is 0 Å². The number of hydrazone groups is 1. The van der Waals surface area contributed by atoms with Gasteiger partial charge in [0.1, 0.15) is 0 Å². The second kappa shape index (κ2) is 7.42. The zero-order valence-corrected chi connectivity index (χ0v) is 17.0. The van der Waals surface area contributed by atoms with Gasteiger partial charge in [0.15, 0.2) is 0 Å². The van der Waals surface area contributed by atoms with Crippen molar-refractivity contribution in [2.24, 2.45) is 16.4 Å². The summed E-state index contributed by atoms with van der Waals surface area (Å²) in [6, 6.07) is 4.15. The molecule has 0 unspecified atom stereocenters. The highest BCUT2D eigenvalue weighted by molar-refractivity contribution is 7.13. The highest BCUT2D eigenvalue weighted by atomic mass is 32.1. The minimum absolute atomic E-state index is 0.0878. The Morgan fingerprint density at radius 1 is 1.40 bits per heavy atom. The molecule has 2 aromatic heterocycles. The topological polar surface area (TPSA) is 41.5 Å². The molecule has 1 aliphatic carbocycles. The van der Waals surface area contributed by atoms with Crippen LogP contribution in [0.5, 0.6) is 0 Å². The summed E-state index contributed by atoms with van der Waals surface area (Å²) >= 11 is 3.43. The van der Waals surface area contributed by atoms with Crippen LogP contribution in [0.1, 0.15) is 64.7 Å². The van der Waals surface area contributed by atoms with Crippen molar-refractivity contribution < 1.29 is 4.79 Å². The fourth-order valence-corrected chi connectivity index (χ4v) is 5.30. The molecular weight excluding hydrogens is 348 g/mol. The fraction of sp³-hybridized carbons (Fsp3) is 0.500. The lowest BCUT2D eigenvalue weighted by Crippen LogP contribution is -2.27. The maximum absolute atomic E-state index is 12.5. The van der Waals surface area contributed by atoms with E-state index in [0.717, 1.165) is 36.1 Å². The summed E-state index contributed by atoms with van der Waals surface area (Å²) in [5.41, 5.74) is 5.07. The van der Waals surface area contributed by atoms with Crippen molar-refractivity contribution in [2.45, 2.75) is 53.4 Å². The summed E-state index contributed by atoms with van der Waals surface area (Å²) in [4.78, 5) is 16.3. The van der Waals surface area contributed by atoms with Crippen LogP contribution in [0, 0.1) is 11.3 Å². The predicted octanol–water partition coefficient (Wildman–Crippen LogP) is 5.29. The molecule has 0 spiro atoms. The average molecular weight is 375 g/mol. The molecular formula is C20H26N2OS2. The van der Waals surface area contributed by atoms with Crippen molar-refractivity contribution in [1.29, 1.82) is 0 Å². The number of amides is 1. The van der Waals surface area contributed by atoms with Gasteiger partial charge in [-0.25, -0.2) is 5.43 Å². The van der Waals surface area contributed by atoms with Gasteiger partial charge in [-0.15, -0.1) is 22.7 Å². The molecule has 2 aromatic rings. The molecule has 0 bridgehead atoms. The largest absolute Gasteiger partial charge is 0.272 e. The molecule has 1 amide bonds. The minimum Gasteiger partial charge on any atom is -0.267 e. The van der Waals surface area contributed by atoms with Gasteiger partial charge in [-0.2, -0.15) is 5.10 Å². The number of rotatable bonds is 4. The molecule has 2 heterocycles.